The second-order valence-corrected chi connectivity index (χ2v) is 6.74. The normalized spacial score (nSPS) is 24.0. The van der Waals surface area contributed by atoms with Gasteiger partial charge in [0, 0.05) is 7.11 Å². The van der Waals surface area contributed by atoms with Crippen molar-refractivity contribution in [2.24, 2.45) is 17.8 Å². The van der Waals surface area contributed by atoms with E-state index in [2.05, 4.69) is 16.8 Å². The molecule has 0 aromatic heterocycles. The topological polar surface area (TPSA) is 82.1 Å². The summed E-state index contributed by atoms with van der Waals surface area (Å²) in [6.07, 6.45) is -4.28. The molecule has 0 bridgehead atoms. The van der Waals surface area contributed by atoms with Gasteiger partial charge in [0.15, 0.2) is 12.4 Å². The number of carboxylic acid groups (broad SMARTS) is 1. The monoisotopic (exact) mass is 414 g/mol. The van der Waals surface area contributed by atoms with Crippen LogP contribution in [0.2, 0.25) is 0 Å². The maximum atomic E-state index is 13.5. The molecule has 9 heteroatoms. The number of rotatable bonds is 6. The fourth-order valence-corrected chi connectivity index (χ4v) is 3.20. The molecule has 0 aliphatic heterocycles. The van der Waals surface area contributed by atoms with Gasteiger partial charge >= 0.3 is 12.1 Å². The van der Waals surface area contributed by atoms with Crippen LogP contribution in [0.15, 0.2) is 18.2 Å². The van der Waals surface area contributed by atoms with Crippen molar-refractivity contribution in [1.82, 2.24) is 0 Å². The number of carboxylic acids is 1. The Hall–Kier alpha value is -2.73. The van der Waals surface area contributed by atoms with Crippen molar-refractivity contribution in [2.75, 3.05) is 20.3 Å². The summed E-state index contributed by atoms with van der Waals surface area (Å²) >= 11 is 0. The number of Topliss-reactive ketones (excluding diaryl/α,β-unsaturated/α-hetero) is 1. The second-order valence-electron chi connectivity index (χ2n) is 6.74. The molecule has 0 spiro atoms. The van der Waals surface area contributed by atoms with Crippen molar-refractivity contribution in [3.63, 3.8) is 0 Å². The Morgan fingerprint density at radius 1 is 1.24 bits per heavy atom. The number of aryl methyl sites for hydroxylation is 2. The van der Waals surface area contributed by atoms with E-state index >= 15 is 0 Å². The van der Waals surface area contributed by atoms with E-state index < -0.39 is 48.4 Å². The summed E-state index contributed by atoms with van der Waals surface area (Å²) in [5.74, 6) is -4.26. The molecule has 1 N–H and O–H groups in total. The first kappa shape index (κ1) is 22.6. The summed E-state index contributed by atoms with van der Waals surface area (Å²) in [5.41, 5.74) is 1.95. The van der Waals surface area contributed by atoms with E-state index in [1.165, 1.54) is 0 Å². The quantitative estimate of drug-likeness (QED) is 0.721. The van der Waals surface area contributed by atoms with Gasteiger partial charge in [-0.1, -0.05) is 12.0 Å². The van der Waals surface area contributed by atoms with Crippen LogP contribution in [-0.4, -0.2) is 49.5 Å². The Balaban J connectivity index is 2.26. The molecule has 2 rings (SSSR count). The van der Waals surface area contributed by atoms with Gasteiger partial charge in [0.2, 0.25) is 0 Å². The molecule has 0 radical (unpaired) electrons. The van der Waals surface area contributed by atoms with Crippen molar-refractivity contribution < 1.29 is 42.1 Å². The summed E-state index contributed by atoms with van der Waals surface area (Å²) < 4.78 is 55.5. The highest BCUT2D eigenvalue weighted by molar-refractivity contribution is 5.88. The molecule has 0 amide bonds. The largest absolute Gasteiger partial charge is 0.493 e. The molecule has 1 aliphatic rings. The van der Waals surface area contributed by atoms with Crippen LogP contribution in [0.4, 0.5) is 13.2 Å². The number of alkyl halides is 3. The number of hydrogen-bond donors (Lipinski definition) is 1. The van der Waals surface area contributed by atoms with Crippen LogP contribution in [0.5, 0.6) is 5.75 Å². The Bertz CT molecular complexity index is 824. The molecule has 6 nitrogen and oxygen atoms in total. The first-order valence-electron chi connectivity index (χ1n) is 8.73. The van der Waals surface area contributed by atoms with Crippen LogP contribution >= 0.6 is 0 Å². The number of carbonyl (C=O) groups is 2. The molecule has 1 saturated carbocycles. The molecule has 1 fully saturated rings. The molecule has 0 heterocycles. The molecular formula is C20H21F3O6. The minimum atomic E-state index is -4.81. The molecule has 3 unspecified atom stereocenters. The van der Waals surface area contributed by atoms with Gasteiger partial charge in [-0.05, 0) is 37.1 Å². The summed E-state index contributed by atoms with van der Waals surface area (Å²) in [6, 6.07) is 5.18. The number of methoxy groups -OCH3 is 1. The molecule has 158 valence electrons. The van der Waals surface area contributed by atoms with Crippen molar-refractivity contribution in [1.29, 1.82) is 0 Å². The highest BCUT2D eigenvalue weighted by atomic mass is 19.4. The van der Waals surface area contributed by atoms with E-state index in [9.17, 15) is 22.8 Å². The zero-order valence-electron chi connectivity index (χ0n) is 16.1. The third kappa shape index (κ3) is 5.41. The highest BCUT2D eigenvalue weighted by Gasteiger charge is 2.61. The van der Waals surface area contributed by atoms with Gasteiger partial charge in [0.25, 0.3) is 0 Å². The molecule has 29 heavy (non-hydrogen) atoms. The minimum Gasteiger partial charge on any atom is -0.493 e. The summed E-state index contributed by atoms with van der Waals surface area (Å²) in [7, 11) is 1.07. The third-order valence-corrected chi connectivity index (χ3v) is 4.81. The Kier molecular flexibility index (Phi) is 7.14. The Morgan fingerprint density at radius 2 is 1.93 bits per heavy atom. The van der Waals surface area contributed by atoms with Crippen molar-refractivity contribution in [2.45, 2.75) is 26.1 Å². The lowest BCUT2D eigenvalue weighted by Crippen LogP contribution is -2.37. The predicted octanol–water partition coefficient (Wildman–Crippen LogP) is 2.75. The first-order valence-corrected chi connectivity index (χ1v) is 8.73. The van der Waals surface area contributed by atoms with E-state index in [4.69, 9.17) is 14.6 Å². The highest BCUT2D eigenvalue weighted by Crippen LogP contribution is 2.44. The van der Waals surface area contributed by atoms with Crippen LogP contribution in [0, 0.1) is 43.6 Å². The molecule has 1 aliphatic carbocycles. The van der Waals surface area contributed by atoms with Gasteiger partial charge in [-0.3, -0.25) is 4.79 Å². The van der Waals surface area contributed by atoms with E-state index in [1.54, 1.807) is 18.2 Å². The summed E-state index contributed by atoms with van der Waals surface area (Å²) in [4.78, 5) is 23.0. The standard InChI is InChI=1S/C20H21F3O6/c1-11-4-5-13(8-12(11)2)29-9-15-14(6-7-28-10-16(24)25)19(27-3)17(18(15)26)20(21,22)23/h4-5,8,14-15,17,19H,9-10H2,1-3H3,(H,24,25)/t14?,15-,17?,19?/m1/s1. The predicted molar refractivity (Wildman–Crippen MR) is 95.1 cm³/mol. The zero-order chi connectivity index (χ0) is 21.8. The number of hydrogen-bond acceptors (Lipinski definition) is 5. The summed E-state index contributed by atoms with van der Waals surface area (Å²) in [5, 5.41) is 8.56. The smallest absolute Gasteiger partial charge is 0.401 e. The Labute approximate surface area is 165 Å². The molecule has 1 aromatic rings. The molecular weight excluding hydrogens is 393 g/mol. The van der Waals surface area contributed by atoms with Crippen LogP contribution in [0.25, 0.3) is 0 Å². The maximum Gasteiger partial charge on any atom is 0.401 e. The number of ether oxygens (including phenoxy) is 3. The van der Waals surface area contributed by atoms with Crippen LogP contribution in [0.1, 0.15) is 11.1 Å². The van der Waals surface area contributed by atoms with Gasteiger partial charge in [-0.25, -0.2) is 4.79 Å². The average molecular weight is 414 g/mol. The number of halogens is 3. The fourth-order valence-electron chi connectivity index (χ4n) is 3.20. The molecule has 4 atom stereocenters. The van der Waals surface area contributed by atoms with E-state index in [-0.39, 0.29) is 6.61 Å². The number of carbonyl (C=O) groups excluding carboxylic acids is 1. The maximum absolute atomic E-state index is 13.5. The average Bonchev–Trinajstić information content (AvgIpc) is 2.90. The summed E-state index contributed by atoms with van der Waals surface area (Å²) in [6.45, 7) is 2.70. The van der Waals surface area contributed by atoms with Gasteiger partial charge in [-0.15, -0.1) is 0 Å². The lowest BCUT2D eigenvalue weighted by atomic mass is 9.95. The van der Waals surface area contributed by atoms with Gasteiger partial charge < -0.3 is 19.3 Å². The van der Waals surface area contributed by atoms with E-state index in [1.807, 2.05) is 13.8 Å². The number of aliphatic carboxylic acids is 1. The molecule has 1 aromatic carbocycles. The minimum absolute atomic E-state index is 0.327. The fraction of sp³-hybridized carbons (Fsp3) is 0.500. The van der Waals surface area contributed by atoms with Gasteiger partial charge in [-0.2, -0.15) is 13.2 Å². The first-order chi connectivity index (χ1) is 13.6. The van der Waals surface area contributed by atoms with Crippen molar-refractivity contribution in [3.8, 4) is 17.8 Å². The van der Waals surface area contributed by atoms with Crippen LogP contribution in [0.3, 0.4) is 0 Å². The SMILES string of the molecule is COC1C(C#COCC(=O)O)[C@@H](COc2ccc(C)c(C)c2)C(=O)C1C(F)(F)F. The third-order valence-electron chi connectivity index (χ3n) is 4.81. The zero-order valence-corrected chi connectivity index (χ0v) is 16.1. The van der Waals surface area contributed by atoms with Gasteiger partial charge in [0.1, 0.15) is 17.8 Å². The Morgan fingerprint density at radius 3 is 2.48 bits per heavy atom. The van der Waals surface area contributed by atoms with E-state index in [0.717, 1.165) is 18.2 Å². The number of benzene rings is 1. The van der Waals surface area contributed by atoms with Crippen LogP contribution < -0.4 is 4.74 Å². The van der Waals surface area contributed by atoms with Crippen molar-refractivity contribution >= 4 is 11.8 Å². The lowest BCUT2D eigenvalue weighted by Gasteiger charge is -2.21. The van der Waals surface area contributed by atoms with Gasteiger partial charge in [0.05, 0.1) is 24.5 Å². The molecule has 0 saturated heterocycles. The van der Waals surface area contributed by atoms with E-state index in [0.29, 0.717) is 5.75 Å². The second kappa shape index (κ2) is 9.18. The number of ketones is 1. The van der Waals surface area contributed by atoms with Crippen molar-refractivity contribution in [3.05, 3.63) is 29.3 Å². The lowest BCUT2D eigenvalue weighted by molar-refractivity contribution is -0.198. The van der Waals surface area contributed by atoms with Crippen LogP contribution in [-0.2, 0) is 19.1 Å².